The van der Waals surface area contributed by atoms with Crippen molar-refractivity contribution in [2.45, 2.75) is 69.6 Å². The average Bonchev–Trinajstić information content (AvgIpc) is 2.51. The highest BCUT2D eigenvalue weighted by Crippen LogP contribution is 2.50. The zero-order chi connectivity index (χ0) is 16.0. The second kappa shape index (κ2) is 5.37. The fourth-order valence-electron chi connectivity index (χ4n) is 4.29. The summed E-state index contributed by atoms with van der Waals surface area (Å²) in [6.07, 6.45) is 8.08. The first-order chi connectivity index (χ1) is 10.4. The van der Waals surface area contributed by atoms with Crippen LogP contribution in [0.2, 0.25) is 0 Å². The summed E-state index contributed by atoms with van der Waals surface area (Å²) in [5, 5.41) is 13.7. The second-order valence-electron chi connectivity index (χ2n) is 7.08. The summed E-state index contributed by atoms with van der Waals surface area (Å²) >= 11 is 0. The van der Waals surface area contributed by atoms with Gasteiger partial charge in [-0.2, -0.15) is 0 Å². The van der Waals surface area contributed by atoms with E-state index in [9.17, 15) is 14.7 Å². The van der Waals surface area contributed by atoms with E-state index >= 15 is 0 Å². The molecule has 0 spiro atoms. The maximum atomic E-state index is 12.4. The zero-order valence-corrected chi connectivity index (χ0v) is 13.3. The summed E-state index contributed by atoms with van der Waals surface area (Å²) in [7, 11) is 0. The lowest BCUT2D eigenvalue weighted by Crippen LogP contribution is -2.86. The van der Waals surface area contributed by atoms with Crippen molar-refractivity contribution < 1.29 is 19.4 Å². The maximum absolute atomic E-state index is 12.4. The van der Waals surface area contributed by atoms with Gasteiger partial charge >= 0.3 is 5.97 Å². The second-order valence-corrected chi connectivity index (χ2v) is 7.08. The molecule has 2 aliphatic heterocycles. The molecule has 3 rings (SSSR count). The summed E-state index contributed by atoms with van der Waals surface area (Å²) in [4.78, 5) is 24.7. The van der Waals surface area contributed by atoms with Gasteiger partial charge < -0.3 is 15.2 Å². The third-order valence-corrected chi connectivity index (χ3v) is 5.58. The fourth-order valence-corrected chi connectivity index (χ4v) is 4.29. The molecule has 0 aromatic rings. The number of allylic oxidation sites excluding steroid dienone is 1. The number of hydrogen-bond donors (Lipinski definition) is 2. The number of piperidine rings is 1. The molecule has 0 radical (unpaired) electrons. The summed E-state index contributed by atoms with van der Waals surface area (Å²) in [6.45, 7) is 3.87. The van der Waals surface area contributed by atoms with Crippen molar-refractivity contribution >= 4 is 11.9 Å². The summed E-state index contributed by atoms with van der Waals surface area (Å²) in [6, 6.07) is 0. The highest BCUT2D eigenvalue weighted by Gasteiger charge is 2.74. The molecule has 22 heavy (non-hydrogen) atoms. The molecule has 1 amide bonds. The Balaban J connectivity index is 1.89. The molecule has 0 aromatic carbocycles. The lowest BCUT2D eigenvalue weighted by molar-refractivity contribution is -0.252. The van der Waals surface area contributed by atoms with Gasteiger partial charge in [0.2, 0.25) is 11.4 Å². The number of carbonyl (C=O) groups excluding carboxylic acids is 2. The number of ether oxygens (including phenoxy) is 1. The van der Waals surface area contributed by atoms with Crippen LogP contribution in [0.4, 0.5) is 0 Å². The Labute approximate surface area is 131 Å². The van der Waals surface area contributed by atoms with Gasteiger partial charge in [0.1, 0.15) is 5.60 Å². The van der Waals surface area contributed by atoms with E-state index in [2.05, 4.69) is 5.32 Å². The van der Waals surface area contributed by atoms with Gasteiger partial charge in [0.25, 0.3) is 0 Å². The molecule has 0 bridgehead atoms. The number of fused-ring (bicyclic) bond motifs is 1. The number of hydrogen-bond acceptors (Lipinski definition) is 4. The van der Waals surface area contributed by atoms with Crippen LogP contribution in [0.1, 0.15) is 52.4 Å². The molecule has 3 unspecified atom stereocenters. The van der Waals surface area contributed by atoms with Crippen molar-refractivity contribution in [2.75, 3.05) is 0 Å². The van der Waals surface area contributed by atoms with E-state index in [1.54, 1.807) is 0 Å². The monoisotopic (exact) mass is 307 g/mol. The molecule has 5 atom stereocenters. The number of aliphatic hydroxyl groups is 1. The SMILES string of the molecule is CCCC1C[C@]2(C)OC(=O)C2([C@H](O)C2C=CCCC2)NC1=O. The Hall–Kier alpha value is -1.36. The molecule has 1 aliphatic carbocycles. The van der Waals surface area contributed by atoms with E-state index in [-0.39, 0.29) is 17.7 Å². The quantitative estimate of drug-likeness (QED) is 0.612. The molecule has 122 valence electrons. The predicted octanol–water partition coefficient (Wildman–Crippen LogP) is 1.69. The van der Waals surface area contributed by atoms with Gasteiger partial charge in [0.15, 0.2) is 0 Å². The smallest absolute Gasteiger partial charge is 0.339 e. The Morgan fingerprint density at radius 1 is 1.50 bits per heavy atom. The standard InChI is InChI=1S/C17H25NO4/c1-3-7-12-10-16(2)17(15(21)22-16,18-14(12)20)13(19)11-8-5-4-6-9-11/h5,8,11-13,19H,3-4,6-7,9-10H2,1-2H3,(H,18,20)/t11?,12?,13-,16+,17?/m1/s1. The number of nitrogens with one attached hydrogen (secondary N) is 1. The zero-order valence-electron chi connectivity index (χ0n) is 13.3. The first kappa shape index (κ1) is 15.5. The Kier molecular flexibility index (Phi) is 3.79. The number of aliphatic hydroxyl groups excluding tert-OH is 1. The van der Waals surface area contributed by atoms with Crippen LogP contribution in [0.5, 0.6) is 0 Å². The van der Waals surface area contributed by atoms with Crippen LogP contribution in [-0.2, 0) is 14.3 Å². The van der Waals surface area contributed by atoms with Gasteiger partial charge in [-0.1, -0.05) is 25.5 Å². The fraction of sp³-hybridized carbons (Fsp3) is 0.765. The van der Waals surface area contributed by atoms with Crippen molar-refractivity contribution in [3.63, 3.8) is 0 Å². The molecule has 0 saturated carbocycles. The number of esters is 1. The number of rotatable bonds is 4. The molecule has 3 aliphatic rings. The van der Waals surface area contributed by atoms with E-state index in [0.717, 1.165) is 32.1 Å². The minimum atomic E-state index is -1.28. The van der Waals surface area contributed by atoms with Gasteiger partial charge in [-0.25, -0.2) is 4.79 Å². The van der Waals surface area contributed by atoms with E-state index < -0.39 is 23.2 Å². The number of carbonyl (C=O) groups is 2. The van der Waals surface area contributed by atoms with Crippen molar-refractivity contribution in [1.29, 1.82) is 0 Å². The molecule has 2 saturated heterocycles. The topological polar surface area (TPSA) is 75.6 Å². The Morgan fingerprint density at radius 2 is 2.27 bits per heavy atom. The number of amides is 1. The predicted molar refractivity (Wildman–Crippen MR) is 80.9 cm³/mol. The van der Waals surface area contributed by atoms with E-state index in [4.69, 9.17) is 4.74 Å². The summed E-state index contributed by atoms with van der Waals surface area (Å²) < 4.78 is 5.43. The molecule has 5 heteroatoms. The van der Waals surface area contributed by atoms with Crippen LogP contribution in [0.3, 0.4) is 0 Å². The van der Waals surface area contributed by atoms with Gasteiger partial charge in [0.05, 0.1) is 6.10 Å². The normalized spacial score (nSPS) is 42.0. The van der Waals surface area contributed by atoms with Gasteiger partial charge in [-0.05, 0) is 32.6 Å². The third kappa shape index (κ3) is 2.02. The first-order valence-electron chi connectivity index (χ1n) is 8.35. The molecule has 2 fully saturated rings. The van der Waals surface area contributed by atoms with E-state index in [1.165, 1.54) is 0 Å². The Bertz CT molecular complexity index is 517. The van der Waals surface area contributed by atoms with Gasteiger partial charge in [-0.15, -0.1) is 0 Å². The largest absolute Gasteiger partial charge is 0.454 e. The van der Waals surface area contributed by atoms with Crippen molar-refractivity contribution in [3.8, 4) is 0 Å². The highest BCUT2D eigenvalue weighted by molar-refractivity contribution is 5.97. The molecule has 5 nitrogen and oxygen atoms in total. The third-order valence-electron chi connectivity index (χ3n) is 5.58. The van der Waals surface area contributed by atoms with Crippen LogP contribution in [0, 0.1) is 11.8 Å². The van der Waals surface area contributed by atoms with E-state index in [0.29, 0.717) is 6.42 Å². The molecular weight excluding hydrogens is 282 g/mol. The minimum Gasteiger partial charge on any atom is -0.454 e. The molecular formula is C17H25NO4. The molecule has 0 aromatic heterocycles. The maximum Gasteiger partial charge on any atom is 0.339 e. The molecule has 2 heterocycles. The summed E-state index contributed by atoms with van der Waals surface area (Å²) in [5.74, 6) is -0.881. The van der Waals surface area contributed by atoms with Crippen molar-refractivity contribution in [1.82, 2.24) is 5.32 Å². The van der Waals surface area contributed by atoms with Gasteiger partial charge in [0, 0.05) is 18.3 Å². The van der Waals surface area contributed by atoms with Crippen molar-refractivity contribution in [2.24, 2.45) is 11.8 Å². The van der Waals surface area contributed by atoms with Gasteiger partial charge in [-0.3, -0.25) is 4.79 Å². The first-order valence-corrected chi connectivity index (χ1v) is 8.35. The van der Waals surface area contributed by atoms with Crippen LogP contribution >= 0.6 is 0 Å². The van der Waals surface area contributed by atoms with Crippen LogP contribution in [0.15, 0.2) is 12.2 Å². The van der Waals surface area contributed by atoms with Crippen LogP contribution in [0.25, 0.3) is 0 Å². The summed E-state index contributed by atoms with van der Waals surface area (Å²) in [5.41, 5.74) is -2.08. The van der Waals surface area contributed by atoms with Crippen LogP contribution < -0.4 is 5.32 Å². The van der Waals surface area contributed by atoms with Crippen LogP contribution in [-0.4, -0.2) is 34.2 Å². The Morgan fingerprint density at radius 3 is 2.86 bits per heavy atom. The average molecular weight is 307 g/mol. The van der Waals surface area contributed by atoms with Crippen molar-refractivity contribution in [3.05, 3.63) is 12.2 Å². The van der Waals surface area contributed by atoms with E-state index in [1.807, 2.05) is 26.0 Å². The molecule has 2 N–H and O–H groups in total. The highest BCUT2D eigenvalue weighted by atomic mass is 16.6. The lowest BCUT2D eigenvalue weighted by atomic mass is 9.61. The lowest BCUT2D eigenvalue weighted by Gasteiger charge is -2.61. The minimum absolute atomic E-state index is 0.107.